The molecule has 0 bridgehead atoms. The highest BCUT2D eigenvalue weighted by molar-refractivity contribution is 5.84. The summed E-state index contributed by atoms with van der Waals surface area (Å²) < 4.78 is 20.2. The maximum atomic E-state index is 14.8. The molecule has 3 fully saturated rings. The third-order valence-electron chi connectivity index (χ3n) is 6.91. The van der Waals surface area contributed by atoms with Gasteiger partial charge < -0.3 is 15.4 Å². The van der Waals surface area contributed by atoms with E-state index in [0.29, 0.717) is 32.6 Å². The minimum atomic E-state index is -0.586. The number of piperidine rings is 2. The molecule has 1 aromatic carbocycles. The Balaban J connectivity index is 1.38. The predicted molar refractivity (Wildman–Crippen MR) is 111 cm³/mol. The zero-order valence-electron chi connectivity index (χ0n) is 17.2. The first-order chi connectivity index (χ1) is 14.1. The Hall–Kier alpha value is -1.70. The lowest BCUT2D eigenvalue weighted by Crippen LogP contribution is -2.64. The van der Waals surface area contributed by atoms with Crippen molar-refractivity contribution < 1.29 is 13.9 Å². The number of carbonyl (C=O) groups excluding carboxylic acids is 1. The number of ether oxygens (including phenoxy) is 1. The molecule has 0 aromatic heterocycles. The molecule has 1 aromatic rings. The van der Waals surface area contributed by atoms with Gasteiger partial charge in [-0.05, 0) is 44.2 Å². The number of nitrogens with two attached hydrogens (primary N) is 1. The maximum absolute atomic E-state index is 14.8. The summed E-state index contributed by atoms with van der Waals surface area (Å²) in [4.78, 5) is 19.1. The van der Waals surface area contributed by atoms with Crippen LogP contribution in [0.3, 0.4) is 0 Å². The van der Waals surface area contributed by atoms with E-state index in [2.05, 4.69) is 20.8 Å². The molecule has 7 heteroatoms. The molecule has 3 heterocycles. The number of rotatable bonds is 5. The van der Waals surface area contributed by atoms with Crippen LogP contribution in [-0.2, 0) is 16.1 Å². The van der Waals surface area contributed by atoms with Gasteiger partial charge in [-0.15, -0.1) is 0 Å². The van der Waals surface area contributed by atoms with Crippen molar-refractivity contribution in [3.63, 3.8) is 0 Å². The predicted octanol–water partition coefficient (Wildman–Crippen LogP) is 1.97. The van der Waals surface area contributed by atoms with Gasteiger partial charge in [0.05, 0.1) is 13.2 Å². The molecule has 0 radical (unpaired) electrons. The average molecular weight is 405 g/mol. The number of primary amides is 1. The molecule has 0 aliphatic carbocycles. The van der Waals surface area contributed by atoms with Gasteiger partial charge >= 0.3 is 0 Å². The summed E-state index contributed by atoms with van der Waals surface area (Å²) in [5.41, 5.74) is 6.97. The number of morpholine rings is 1. The van der Waals surface area contributed by atoms with E-state index in [1.165, 1.54) is 19.3 Å². The quantitative estimate of drug-likeness (QED) is 0.813. The molecule has 1 amide bonds. The highest BCUT2D eigenvalue weighted by Gasteiger charge is 2.45. The van der Waals surface area contributed by atoms with Crippen molar-refractivity contribution in [3.05, 3.63) is 29.6 Å². The van der Waals surface area contributed by atoms with Crippen molar-refractivity contribution in [2.75, 3.05) is 57.4 Å². The topological polar surface area (TPSA) is 62.0 Å². The smallest absolute Gasteiger partial charge is 0.238 e. The van der Waals surface area contributed by atoms with Crippen LogP contribution in [0.15, 0.2) is 18.2 Å². The summed E-state index contributed by atoms with van der Waals surface area (Å²) in [5.74, 6) is -0.371. The fourth-order valence-electron chi connectivity index (χ4n) is 5.05. The monoisotopic (exact) mass is 404 g/mol. The Bertz CT molecular complexity index is 709. The standard InChI is InChI=1S/C22H33FN4O2/c23-20-16-19(26-8-2-1-3-9-26)5-4-18(20)17-25-10-6-22(7-11-25,21(24)28)27-12-14-29-15-13-27/h4-5,16H,1-3,6-15,17H2,(H2,24,28). The number of anilines is 1. The maximum Gasteiger partial charge on any atom is 0.238 e. The number of hydrogen-bond acceptors (Lipinski definition) is 5. The van der Waals surface area contributed by atoms with Gasteiger partial charge in [0.2, 0.25) is 5.91 Å². The number of likely N-dealkylation sites (tertiary alicyclic amines) is 1. The van der Waals surface area contributed by atoms with Crippen molar-refractivity contribution >= 4 is 11.6 Å². The normalized spacial score (nSPS) is 23.8. The van der Waals surface area contributed by atoms with E-state index in [-0.39, 0.29) is 11.7 Å². The van der Waals surface area contributed by atoms with Crippen LogP contribution >= 0.6 is 0 Å². The van der Waals surface area contributed by atoms with E-state index in [9.17, 15) is 9.18 Å². The van der Waals surface area contributed by atoms with Crippen molar-refractivity contribution in [1.29, 1.82) is 0 Å². The van der Waals surface area contributed by atoms with Crippen LogP contribution in [0, 0.1) is 5.82 Å². The molecule has 6 nitrogen and oxygen atoms in total. The molecule has 2 N–H and O–H groups in total. The molecule has 0 saturated carbocycles. The molecular weight excluding hydrogens is 371 g/mol. The highest BCUT2D eigenvalue weighted by Crippen LogP contribution is 2.31. The summed E-state index contributed by atoms with van der Waals surface area (Å²) in [6.07, 6.45) is 5.01. The zero-order chi connectivity index (χ0) is 20.3. The molecule has 0 atom stereocenters. The lowest BCUT2D eigenvalue weighted by molar-refractivity contribution is -0.138. The lowest BCUT2D eigenvalue weighted by Gasteiger charge is -2.48. The summed E-state index contributed by atoms with van der Waals surface area (Å²) in [6, 6.07) is 5.67. The molecule has 160 valence electrons. The van der Waals surface area contributed by atoms with E-state index in [4.69, 9.17) is 10.5 Å². The fraction of sp³-hybridized carbons (Fsp3) is 0.682. The zero-order valence-corrected chi connectivity index (χ0v) is 17.2. The second kappa shape index (κ2) is 8.98. The summed E-state index contributed by atoms with van der Waals surface area (Å²) in [7, 11) is 0. The van der Waals surface area contributed by atoms with Gasteiger partial charge in [0, 0.05) is 57.1 Å². The third-order valence-corrected chi connectivity index (χ3v) is 6.91. The van der Waals surface area contributed by atoms with Crippen LogP contribution in [0.4, 0.5) is 10.1 Å². The van der Waals surface area contributed by atoms with Crippen LogP contribution in [0.1, 0.15) is 37.7 Å². The fourth-order valence-corrected chi connectivity index (χ4v) is 5.05. The SMILES string of the molecule is NC(=O)C1(N2CCOCC2)CCN(Cc2ccc(N3CCCCC3)cc2F)CC1. The van der Waals surface area contributed by atoms with Gasteiger partial charge in [-0.2, -0.15) is 0 Å². The Kier molecular flexibility index (Phi) is 6.37. The van der Waals surface area contributed by atoms with Gasteiger partial charge in [-0.3, -0.25) is 14.6 Å². The lowest BCUT2D eigenvalue weighted by atomic mass is 9.84. The van der Waals surface area contributed by atoms with Crippen LogP contribution in [0.5, 0.6) is 0 Å². The number of amides is 1. The van der Waals surface area contributed by atoms with Crippen molar-refractivity contribution in [3.8, 4) is 0 Å². The number of nitrogens with zero attached hydrogens (tertiary/aromatic N) is 3. The van der Waals surface area contributed by atoms with Crippen molar-refractivity contribution in [2.24, 2.45) is 5.73 Å². The number of carbonyl (C=O) groups is 1. The number of benzene rings is 1. The van der Waals surface area contributed by atoms with Crippen LogP contribution in [-0.4, -0.2) is 73.7 Å². The minimum Gasteiger partial charge on any atom is -0.379 e. The first-order valence-electron chi connectivity index (χ1n) is 11.0. The van der Waals surface area contributed by atoms with E-state index < -0.39 is 5.54 Å². The van der Waals surface area contributed by atoms with Gasteiger partial charge in [-0.25, -0.2) is 4.39 Å². The molecule has 3 aliphatic heterocycles. The summed E-state index contributed by atoms with van der Waals surface area (Å²) in [5, 5.41) is 0. The minimum absolute atomic E-state index is 0.131. The summed E-state index contributed by atoms with van der Waals surface area (Å²) in [6.45, 7) is 6.88. The Morgan fingerprint density at radius 1 is 1.03 bits per heavy atom. The molecule has 3 aliphatic rings. The Labute approximate surface area is 172 Å². The van der Waals surface area contributed by atoms with E-state index >= 15 is 0 Å². The van der Waals surface area contributed by atoms with E-state index in [1.54, 1.807) is 6.07 Å². The third kappa shape index (κ3) is 4.42. The van der Waals surface area contributed by atoms with Crippen LogP contribution < -0.4 is 10.6 Å². The van der Waals surface area contributed by atoms with Gasteiger partial charge in [0.15, 0.2) is 0 Å². The summed E-state index contributed by atoms with van der Waals surface area (Å²) >= 11 is 0. The second-order valence-corrected chi connectivity index (χ2v) is 8.59. The van der Waals surface area contributed by atoms with Gasteiger partial charge in [0.1, 0.15) is 11.4 Å². The molecule has 29 heavy (non-hydrogen) atoms. The van der Waals surface area contributed by atoms with E-state index in [0.717, 1.165) is 50.5 Å². The molecule has 4 rings (SSSR count). The molecule has 0 unspecified atom stereocenters. The molecule has 0 spiro atoms. The van der Waals surface area contributed by atoms with Crippen LogP contribution in [0.25, 0.3) is 0 Å². The molecule has 3 saturated heterocycles. The van der Waals surface area contributed by atoms with Gasteiger partial charge in [-0.1, -0.05) is 6.07 Å². The second-order valence-electron chi connectivity index (χ2n) is 8.59. The number of hydrogen-bond donors (Lipinski definition) is 1. The number of halogens is 1. The largest absolute Gasteiger partial charge is 0.379 e. The molecular formula is C22H33FN4O2. The van der Waals surface area contributed by atoms with Crippen molar-refractivity contribution in [1.82, 2.24) is 9.80 Å². The Morgan fingerprint density at radius 3 is 2.34 bits per heavy atom. The van der Waals surface area contributed by atoms with Crippen LogP contribution in [0.2, 0.25) is 0 Å². The first kappa shape index (κ1) is 20.6. The first-order valence-corrected chi connectivity index (χ1v) is 11.0. The van der Waals surface area contributed by atoms with Gasteiger partial charge in [0.25, 0.3) is 0 Å². The van der Waals surface area contributed by atoms with E-state index in [1.807, 2.05) is 6.07 Å². The van der Waals surface area contributed by atoms with Crippen molar-refractivity contribution in [2.45, 2.75) is 44.2 Å². The average Bonchev–Trinajstić information content (AvgIpc) is 2.77. The Morgan fingerprint density at radius 2 is 1.72 bits per heavy atom. The highest BCUT2D eigenvalue weighted by atomic mass is 19.1.